The molecule has 0 saturated heterocycles. The van der Waals surface area contributed by atoms with Gasteiger partial charge in [-0.15, -0.1) is 0 Å². The number of rotatable bonds is 2. The van der Waals surface area contributed by atoms with Crippen molar-refractivity contribution >= 4 is 32.5 Å². The van der Waals surface area contributed by atoms with E-state index in [0.29, 0.717) is 11.2 Å². The quantitative estimate of drug-likeness (QED) is 0.683. The first kappa shape index (κ1) is 13.1. The molecule has 0 unspecified atom stereocenters. The van der Waals surface area contributed by atoms with E-state index in [1.807, 2.05) is 0 Å². The van der Waals surface area contributed by atoms with Crippen molar-refractivity contribution in [2.24, 2.45) is 0 Å². The Kier molecular flexibility index (Phi) is 3.03. The van der Waals surface area contributed by atoms with Gasteiger partial charge in [0, 0.05) is 17.3 Å². The fraction of sp³-hybridized carbons (Fsp3) is 0.0714. The van der Waals surface area contributed by atoms with Crippen LogP contribution in [0.25, 0.3) is 10.9 Å². The minimum absolute atomic E-state index is 0.176. The van der Waals surface area contributed by atoms with Gasteiger partial charge in [0.2, 0.25) is 0 Å². The normalized spacial score (nSPS) is 11.9. The zero-order chi connectivity index (χ0) is 14.3. The van der Waals surface area contributed by atoms with E-state index in [4.69, 9.17) is 11.6 Å². The lowest BCUT2D eigenvalue weighted by atomic mass is 10.3. The predicted octanol–water partition coefficient (Wildman–Crippen LogP) is 3.24. The van der Waals surface area contributed by atoms with E-state index in [1.54, 1.807) is 55.6 Å². The molecule has 3 rings (SSSR count). The lowest BCUT2D eigenvalue weighted by Gasteiger charge is -2.10. The second kappa shape index (κ2) is 4.61. The van der Waals surface area contributed by atoms with Gasteiger partial charge >= 0.3 is 0 Å². The van der Waals surface area contributed by atoms with Gasteiger partial charge < -0.3 is 0 Å². The summed E-state index contributed by atoms with van der Waals surface area (Å²) in [6, 6.07) is 11.8. The summed E-state index contributed by atoms with van der Waals surface area (Å²) in [6.07, 6.45) is 1.56. The zero-order valence-corrected chi connectivity index (χ0v) is 12.2. The number of fused-ring (bicyclic) bond motifs is 1. The van der Waals surface area contributed by atoms with Crippen molar-refractivity contribution in [1.29, 1.82) is 0 Å². The molecule has 2 heterocycles. The maximum Gasteiger partial charge on any atom is 0.268 e. The SMILES string of the molecule is Cc1cc2ccnc(Cl)c2n1S(=O)(=O)c1ccccc1. The number of hydrogen-bond acceptors (Lipinski definition) is 3. The van der Waals surface area contributed by atoms with Crippen LogP contribution in [0.2, 0.25) is 5.15 Å². The number of aromatic nitrogens is 2. The number of aryl methyl sites for hydroxylation is 1. The highest BCUT2D eigenvalue weighted by Gasteiger charge is 2.22. The van der Waals surface area contributed by atoms with E-state index in [0.717, 1.165) is 5.39 Å². The Morgan fingerprint density at radius 3 is 2.55 bits per heavy atom. The second-order valence-electron chi connectivity index (χ2n) is 4.41. The van der Waals surface area contributed by atoms with Gasteiger partial charge in [-0.05, 0) is 31.2 Å². The maximum atomic E-state index is 12.8. The molecule has 1 aromatic carbocycles. The monoisotopic (exact) mass is 306 g/mol. The lowest BCUT2D eigenvalue weighted by Crippen LogP contribution is -2.14. The molecule has 102 valence electrons. The van der Waals surface area contributed by atoms with Crippen LogP contribution in [0.3, 0.4) is 0 Å². The standard InChI is InChI=1S/C14H11ClN2O2S/c1-10-9-11-7-8-16-14(15)13(11)17(10)20(18,19)12-5-3-2-4-6-12/h2-9H,1H3. The topological polar surface area (TPSA) is 52.0 Å². The Balaban J connectivity index is 2.38. The Morgan fingerprint density at radius 1 is 1.15 bits per heavy atom. The van der Waals surface area contributed by atoms with Crippen LogP contribution < -0.4 is 0 Å². The molecule has 0 N–H and O–H groups in total. The van der Waals surface area contributed by atoms with Crippen molar-refractivity contribution in [3.63, 3.8) is 0 Å². The van der Waals surface area contributed by atoms with Crippen molar-refractivity contribution < 1.29 is 8.42 Å². The highest BCUT2D eigenvalue weighted by Crippen LogP contribution is 2.28. The molecule has 3 aromatic rings. The number of pyridine rings is 1. The van der Waals surface area contributed by atoms with Gasteiger partial charge in [0.25, 0.3) is 10.0 Å². The summed E-state index contributed by atoms with van der Waals surface area (Å²) in [6.45, 7) is 1.73. The van der Waals surface area contributed by atoms with Crippen molar-refractivity contribution in [1.82, 2.24) is 8.96 Å². The highest BCUT2D eigenvalue weighted by atomic mass is 35.5. The maximum absolute atomic E-state index is 12.8. The number of benzene rings is 1. The third kappa shape index (κ3) is 1.90. The molecule has 0 fully saturated rings. The molecule has 2 aromatic heterocycles. The fourth-order valence-corrected chi connectivity index (χ4v) is 4.10. The largest absolute Gasteiger partial charge is 0.268 e. The van der Waals surface area contributed by atoms with E-state index in [2.05, 4.69) is 4.98 Å². The number of nitrogens with zero attached hydrogens (tertiary/aromatic N) is 2. The summed E-state index contributed by atoms with van der Waals surface area (Å²) < 4.78 is 26.8. The van der Waals surface area contributed by atoms with Crippen LogP contribution in [-0.2, 0) is 10.0 Å². The Bertz CT molecular complexity index is 886. The van der Waals surface area contributed by atoms with Gasteiger partial charge in [0.15, 0.2) is 5.15 Å². The van der Waals surface area contributed by atoms with Crippen molar-refractivity contribution in [2.75, 3.05) is 0 Å². The molecule has 0 spiro atoms. The molecule has 0 aliphatic heterocycles. The van der Waals surface area contributed by atoms with Gasteiger partial charge in [-0.3, -0.25) is 0 Å². The fourth-order valence-electron chi connectivity index (χ4n) is 2.23. The van der Waals surface area contributed by atoms with Crippen LogP contribution in [-0.4, -0.2) is 17.4 Å². The van der Waals surface area contributed by atoms with Gasteiger partial charge in [0.1, 0.15) is 5.52 Å². The second-order valence-corrected chi connectivity index (χ2v) is 6.55. The summed E-state index contributed by atoms with van der Waals surface area (Å²) in [4.78, 5) is 4.19. The van der Waals surface area contributed by atoms with Gasteiger partial charge in [-0.2, -0.15) is 0 Å². The Labute approximate surface area is 121 Å². The molecular weight excluding hydrogens is 296 g/mol. The van der Waals surface area contributed by atoms with E-state index in [-0.39, 0.29) is 10.0 Å². The van der Waals surface area contributed by atoms with E-state index in [9.17, 15) is 8.42 Å². The van der Waals surface area contributed by atoms with Crippen LogP contribution in [0.4, 0.5) is 0 Å². The zero-order valence-electron chi connectivity index (χ0n) is 10.6. The van der Waals surface area contributed by atoms with Crippen LogP contribution >= 0.6 is 11.6 Å². The summed E-state index contributed by atoms with van der Waals surface area (Å²) in [5.74, 6) is 0. The molecule has 0 radical (unpaired) electrons. The minimum Gasteiger partial charge on any atom is -0.242 e. The summed E-state index contributed by atoms with van der Waals surface area (Å²) >= 11 is 6.07. The Hall–Kier alpha value is -1.85. The van der Waals surface area contributed by atoms with Crippen molar-refractivity contribution in [2.45, 2.75) is 11.8 Å². The number of halogens is 1. The predicted molar refractivity (Wildman–Crippen MR) is 78.5 cm³/mol. The average Bonchev–Trinajstić information content (AvgIpc) is 2.78. The first-order valence-corrected chi connectivity index (χ1v) is 7.77. The molecule has 0 bridgehead atoms. The van der Waals surface area contributed by atoms with Crippen LogP contribution in [0.5, 0.6) is 0 Å². The summed E-state index contributed by atoms with van der Waals surface area (Å²) in [5, 5.41) is 0.928. The van der Waals surface area contributed by atoms with Gasteiger partial charge in [-0.25, -0.2) is 17.4 Å². The molecule has 0 aliphatic rings. The van der Waals surface area contributed by atoms with Crippen molar-refractivity contribution in [3.05, 3.63) is 59.5 Å². The average molecular weight is 307 g/mol. The molecule has 20 heavy (non-hydrogen) atoms. The summed E-state index contributed by atoms with van der Waals surface area (Å²) in [7, 11) is -3.68. The number of hydrogen-bond donors (Lipinski definition) is 0. The van der Waals surface area contributed by atoms with Crippen LogP contribution in [0, 0.1) is 6.92 Å². The van der Waals surface area contributed by atoms with Gasteiger partial charge in [-0.1, -0.05) is 29.8 Å². The third-order valence-corrected chi connectivity index (χ3v) is 5.18. The minimum atomic E-state index is -3.68. The van der Waals surface area contributed by atoms with E-state index >= 15 is 0 Å². The third-order valence-electron chi connectivity index (χ3n) is 3.08. The van der Waals surface area contributed by atoms with Crippen LogP contribution in [0.1, 0.15) is 5.69 Å². The smallest absolute Gasteiger partial charge is 0.242 e. The first-order valence-electron chi connectivity index (χ1n) is 5.95. The molecule has 0 amide bonds. The molecule has 0 aliphatic carbocycles. The highest BCUT2D eigenvalue weighted by molar-refractivity contribution is 7.90. The molecule has 0 saturated carbocycles. The van der Waals surface area contributed by atoms with E-state index in [1.165, 1.54) is 3.97 Å². The van der Waals surface area contributed by atoms with Gasteiger partial charge in [0.05, 0.1) is 4.90 Å². The molecule has 0 atom stereocenters. The van der Waals surface area contributed by atoms with Crippen molar-refractivity contribution in [3.8, 4) is 0 Å². The molecule has 6 heteroatoms. The molecular formula is C14H11ClN2O2S. The lowest BCUT2D eigenvalue weighted by molar-refractivity contribution is 0.588. The first-order chi connectivity index (χ1) is 9.51. The van der Waals surface area contributed by atoms with Crippen LogP contribution in [0.15, 0.2) is 53.6 Å². The van der Waals surface area contributed by atoms with E-state index < -0.39 is 10.0 Å². The Morgan fingerprint density at radius 2 is 1.85 bits per heavy atom. The summed E-state index contributed by atoms with van der Waals surface area (Å²) in [5.41, 5.74) is 1.01. The molecule has 4 nitrogen and oxygen atoms in total.